The predicted molar refractivity (Wildman–Crippen MR) is 91.5 cm³/mol. The van der Waals surface area contributed by atoms with E-state index in [9.17, 15) is 9.59 Å². The number of aromatic nitrogens is 1. The van der Waals surface area contributed by atoms with Crippen molar-refractivity contribution in [1.82, 2.24) is 4.98 Å². The largest absolute Gasteiger partial charge is 0.322 e. The molecule has 0 saturated carbocycles. The van der Waals surface area contributed by atoms with Gasteiger partial charge in [0.15, 0.2) is 0 Å². The maximum atomic E-state index is 12.3. The van der Waals surface area contributed by atoms with Crippen LogP contribution >= 0.6 is 0 Å². The minimum absolute atomic E-state index is 0.224. The first-order chi connectivity index (χ1) is 11.1. The molecule has 0 fully saturated rings. The molecule has 0 saturated heterocycles. The van der Waals surface area contributed by atoms with E-state index in [1.807, 2.05) is 24.3 Å². The molecular formula is C18H21N3O2. The number of hydrogen-bond donors (Lipinski definition) is 2. The first kappa shape index (κ1) is 16.7. The zero-order valence-corrected chi connectivity index (χ0v) is 13.4. The summed E-state index contributed by atoms with van der Waals surface area (Å²) in [5.41, 5.74) is 2.45. The van der Waals surface area contributed by atoms with Crippen LogP contribution in [-0.4, -0.2) is 16.8 Å². The average Bonchev–Trinajstić information content (AvgIpc) is 2.54. The second-order valence-electron chi connectivity index (χ2n) is 5.37. The van der Waals surface area contributed by atoms with Crippen molar-refractivity contribution in [3.8, 4) is 0 Å². The van der Waals surface area contributed by atoms with Gasteiger partial charge in [0.1, 0.15) is 5.82 Å². The van der Waals surface area contributed by atoms with Gasteiger partial charge in [0.05, 0.1) is 0 Å². The normalized spacial score (nSPS) is 10.2. The summed E-state index contributed by atoms with van der Waals surface area (Å²) in [5, 5.41) is 5.40. The number of amides is 2. The molecule has 2 amide bonds. The Morgan fingerprint density at radius 3 is 2.48 bits per heavy atom. The molecule has 5 heteroatoms. The van der Waals surface area contributed by atoms with Crippen molar-refractivity contribution in [2.75, 3.05) is 10.6 Å². The maximum absolute atomic E-state index is 12.3. The van der Waals surface area contributed by atoms with E-state index in [4.69, 9.17) is 0 Å². The first-order valence-corrected chi connectivity index (χ1v) is 7.72. The number of pyridine rings is 1. The molecule has 0 radical (unpaired) electrons. The standard InChI is InChI=1S/C18H21N3O2/c1-3-4-5-14-6-8-16(9-7-14)21-18(23)15-10-11-19-17(12-15)20-13(2)22/h6-12H,3-5H2,1-2H3,(H,21,23)(H,19,20,22). The molecule has 1 aromatic heterocycles. The highest BCUT2D eigenvalue weighted by atomic mass is 16.2. The molecule has 0 aliphatic heterocycles. The number of carbonyl (C=O) groups is 2. The van der Waals surface area contributed by atoms with Crippen molar-refractivity contribution in [3.05, 3.63) is 53.7 Å². The highest BCUT2D eigenvalue weighted by Gasteiger charge is 2.08. The lowest BCUT2D eigenvalue weighted by molar-refractivity contribution is -0.114. The molecule has 1 heterocycles. The summed E-state index contributed by atoms with van der Waals surface area (Å²) in [6.45, 7) is 3.56. The number of hydrogen-bond acceptors (Lipinski definition) is 3. The summed E-state index contributed by atoms with van der Waals surface area (Å²) in [7, 11) is 0. The van der Waals surface area contributed by atoms with Gasteiger partial charge < -0.3 is 10.6 Å². The fraction of sp³-hybridized carbons (Fsp3) is 0.278. The number of nitrogens with zero attached hydrogens (tertiary/aromatic N) is 1. The molecule has 2 N–H and O–H groups in total. The number of carbonyl (C=O) groups excluding carboxylic acids is 2. The Balaban J connectivity index is 2.02. The topological polar surface area (TPSA) is 71.1 Å². The van der Waals surface area contributed by atoms with Crippen LogP contribution in [-0.2, 0) is 11.2 Å². The number of anilines is 2. The van der Waals surface area contributed by atoms with Crippen molar-refractivity contribution < 1.29 is 9.59 Å². The molecule has 5 nitrogen and oxygen atoms in total. The van der Waals surface area contributed by atoms with Crippen molar-refractivity contribution in [2.24, 2.45) is 0 Å². The van der Waals surface area contributed by atoms with Gasteiger partial charge in [-0.15, -0.1) is 0 Å². The highest BCUT2D eigenvalue weighted by molar-refractivity contribution is 6.05. The van der Waals surface area contributed by atoms with Crippen LogP contribution in [0.1, 0.15) is 42.6 Å². The zero-order chi connectivity index (χ0) is 16.7. The lowest BCUT2D eigenvalue weighted by Crippen LogP contribution is -2.13. The van der Waals surface area contributed by atoms with E-state index in [0.717, 1.165) is 24.9 Å². The molecule has 2 rings (SSSR count). The van der Waals surface area contributed by atoms with Gasteiger partial charge in [-0.05, 0) is 42.7 Å². The fourth-order valence-corrected chi connectivity index (χ4v) is 2.16. The average molecular weight is 311 g/mol. The molecule has 0 spiro atoms. The van der Waals surface area contributed by atoms with Gasteiger partial charge in [-0.1, -0.05) is 25.5 Å². The summed E-state index contributed by atoms with van der Waals surface area (Å²) >= 11 is 0. The third-order valence-electron chi connectivity index (χ3n) is 3.36. The number of rotatable bonds is 6. The number of aryl methyl sites for hydroxylation is 1. The van der Waals surface area contributed by atoms with Crippen molar-refractivity contribution >= 4 is 23.3 Å². The first-order valence-electron chi connectivity index (χ1n) is 7.72. The minimum atomic E-state index is -0.236. The van der Waals surface area contributed by atoms with Crippen LogP contribution in [0.2, 0.25) is 0 Å². The highest BCUT2D eigenvalue weighted by Crippen LogP contribution is 2.14. The molecule has 2 aromatic rings. The van der Waals surface area contributed by atoms with Crippen molar-refractivity contribution in [3.63, 3.8) is 0 Å². The Morgan fingerprint density at radius 1 is 1.09 bits per heavy atom. The van der Waals surface area contributed by atoms with Gasteiger partial charge in [-0.3, -0.25) is 9.59 Å². The zero-order valence-electron chi connectivity index (χ0n) is 13.4. The molecule has 1 aromatic carbocycles. The van der Waals surface area contributed by atoms with Crippen LogP contribution in [0, 0.1) is 0 Å². The van der Waals surface area contributed by atoms with Crippen LogP contribution in [0.4, 0.5) is 11.5 Å². The molecule has 0 aliphatic carbocycles. The van der Waals surface area contributed by atoms with Gasteiger partial charge >= 0.3 is 0 Å². The molecule has 0 unspecified atom stereocenters. The summed E-state index contributed by atoms with van der Waals surface area (Å²) in [4.78, 5) is 27.3. The SMILES string of the molecule is CCCCc1ccc(NC(=O)c2ccnc(NC(C)=O)c2)cc1. The quantitative estimate of drug-likeness (QED) is 0.855. The van der Waals surface area contributed by atoms with Crippen LogP contribution in [0.15, 0.2) is 42.6 Å². The van der Waals surface area contributed by atoms with Gasteiger partial charge in [0, 0.05) is 24.4 Å². The summed E-state index contributed by atoms with van der Waals surface area (Å²) < 4.78 is 0. The fourth-order valence-electron chi connectivity index (χ4n) is 2.16. The van der Waals surface area contributed by atoms with E-state index in [1.165, 1.54) is 18.7 Å². The molecular weight excluding hydrogens is 290 g/mol. The Morgan fingerprint density at radius 2 is 1.83 bits per heavy atom. The second-order valence-corrected chi connectivity index (χ2v) is 5.37. The van der Waals surface area contributed by atoms with Crippen LogP contribution in [0.5, 0.6) is 0 Å². The summed E-state index contributed by atoms with van der Waals surface area (Å²) in [6, 6.07) is 11.0. The smallest absolute Gasteiger partial charge is 0.255 e. The van der Waals surface area contributed by atoms with Crippen LogP contribution in [0.25, 0.3) is 0 Å². The van der Waals surface area contributed by atoms with E-state index in [0.29, 0.717) is 11.4 Å². The minimum Gasteiger partial charge on any atom is -0.322 e. The van der Waals surface area contributed by atoms with E-state index in [2.05, 4.69) is 22.5 Å². The van der Waals surface area contributed by atoms with Crippen LogP contribution < -0.4 is 10.6 Å². The van der Waals surface area contributed by atoms with E-state index < -0.39 is 0 Å². The number of unbranched alkanes of at least 4 members (excludes halogenated alkanes) is 1. The molecule has 23 heavy (non-hydrogen) atoms. The number of nitrogens with one attached hydrogen (secondary N) is 2. The van der Waals surface area contributed by atoms with Gasteiger partial charge in [-0.2, -0.15) is 0 Å². The van der Waals surface area contributed by atoms with E-state index in [-0.39, 0.29) is 11.8 Å². The molecule has 0 atom stereocenters. The lowest BCUT2D eigenvalue weighted by Gasteiger charge is -2.08. The van der Waals surface area contributed by atoms with Crippen LogP contribution in [0.3, 0.4) is 0 Å². The summed E-state index contributed by atoms with van der Waals surface area (Å²) in [6.07, 6.45) is 4.87. The maximum Gasteiger partial charge on any atom is 0.255 e. The Kier molecular flexibility index (Phi) is 5.86. The van der Waals surface area contributed by atoms with E-state index in [1.54, 1.807) is 12.1 Å². The third kappa shape index (κ3) is 5.21. The van der Waals surface area contributed by atoms with Gasteiger partial charge in [0.25, 0.3) is 5.91 Å². The molecule has 120 valence electrons. The molecule has 0 aliphatic rings. The molecule has 0 bridgehead atoms. The Hall–Kier alpha value is -2.69. The van der Waals surface area contributed by atoms with Gasteiger partial charge in [-0.25, -0.2) is 4.98 Å². The van der Waals surface area contributed by atoms with Crippen molar-refractivity contribution in [2.45, 2.75) is 33.1 Å². The third-order valence-corrected chi connectivity index (χ3v) is 3.36. The monoisotopic (exact) mass is 311 g/mol. The van der Waals surface area contributed by atoms with E-state index >= 15 is 0 Å². The Labute approximate surface area is 136 Å². The van der Waals surface area contributed by atoms with Gasteiger partial charge in [0.2, 0.25) is 5.91 Å². The second kappa shape index (κ2) is 8.08. The Bertz CT molecular complexity index is 681. The number of benzene rings is 1. The van der Waals surface area contributed by atoms with Crippen molar-refractivity contribution in [1.29, 1.82) is 0 Å². The lowest BCUT2D eigenvalue weighted by atomic mass is 10.1. The summed E-state index contributed by atoms with van der Waals surface area (Å²) in [5.74, 6) is -0.0990. The predicted octanol–water partition coefficient (Wildman–Crippen LogP) is 3.63.